The molecule has 0 aliphatic rings. The summed E-state index contributed by atoms with van der Waals surface area (Å²) >= 11 is 0. The minimum atomic E-state index is -0.321. The molecule has 1 aromatic rings. The van der Waals surface area contributed by atoms with Crippen LogP contribution in [-0.2, 0) is 20.9 Å². The molecule has 1 unspecified atom stereocenters. The molecule has 0 spiro atoms. The third-order valence-corrected chi connectivity index (χ3v) is 2.54. The van der Waals surface area contributed by atoms with Gasteiger partial charge in [0.05, 0.1) is 13.7 Å². The smallest absolute Gasteiger partial charge is 0.328 e. The van der Waals surface area contributed by atoms with Crippen molar-refractivity contribution in [1.29, 1.82) is 0 Å². The van der Waals surface area contributed by atoms with E-state index >= 15 is 0 Å². The Labute approximate surface area is 102 Å². The van der Waals surface area contributed by atoms with E-state index in [1.54, 1.807) is 7.11 Å². The number of esters is 1. The minimum absolute atomic E-state index is 0.250. The minimum Gasteiger partial charge on any atom is -0.467 e. The standard InChI is InChI=1S/C13H19NO3/c1-4-11(13(15)17-3)14-12-8-6-5-7-10(12)9-16-2/h5-8,11,14H,4,9H2,1-3H3. The molecule has 0 aliphatic heterocycles. The van der Waals surface area contributed by atoms with Gasteiger partial charge >= 0.3 is 5.97 Å². The SMILES string of the molecule is CCC(Nc1ccccc1COC)C(=O)OC. The van der Waals surface area contributed by atoms with Gasteiger partial charge in [-0.25, -0.2) is 4.79 Å². The van der Waals surface area contributed by atoms with Crippen LogP contribution in [0.4, 0.5) is 5.69 Å². The molecule has 0 radical (unpaired) electrons. The molecule has 0 amide bonds. The van der Waals surface area contributed by atoms with E-state index < -0.39 is 0 Å². The van der Waals surface area contributed by atoms with Crippen LogP contribution in [0.25, 0.3) is 0 Å². The molecular formula is C13H19NO3. The zero-order chi connectivity index (χ0) is 12.7. The second kappa shape index (κ2) is 6.91. The van der Waals surface area contributed by atoms with Crippen molar-refractivity contribution in [3.05, 3.63) is 29.8 Å². The van der Waals surface area contributed by atoms with Crippen LogP contribution in [0.2, 0.25) is 0 Å². The van der Waals surface area contributed by atoms with E-state index in [4.69, 9.17) is 9.47 Å². The van der Waals surface area contributed by atoms with Gasteiger partial charge in [0.25, 0.3) is 0 Å². The van der Waals surface area contributed by atoms with Crippen molar-refractivity contribution in [3.63, 3.8) is 0 Å². The number of benzene rings is 1. The second-order valence-electron chi connectivity index (χ2n) is 3.72. The largest absolute Gasteiger partial charge is 0.467 e. The number of hydrogen-bond acceptors (Lipinski definition) is 4. The zero-order valence-electron chi connectivity index (χ0n) is 10.5. The summed E-state index contributed by atoms with van der Waals surface area (Å²) in [6.45, 7) is 2.45. The molecule has 0 saturated heterocycles. The third-order valence-electron chi connectivity index (χ3n) is 2.54. The van der Waals surface area contributed by atoms with E-state index in [0.717, 1.165) is 11.3 Å². The van der Waals surface area contributed by atoms with E-state index in [-0.39, 0.29) is 12.0 Å². The molecule has 0 heterocycles. The lowest BCUT2D eigenvalue weighted by Gasteiger charge is -2.18. The van der Waals surface area contributed by atoms with Crippen molar-refractivity contribution in [2.75, 3.05) is 19.5 Å². The van der Waals surface area contributed by atoms with E-state index in [9.17, 15) is 4.79 Å². The molecule has 4 nitrogen and oxygen atoms in total. The van der Waals surface area contributed by atoms with Crippen molar-refractivity contribution in [2.45, 2.75) is 26.0 Å². The molecule has 1 aromatic carbocycles. The first kappa shape index (κ1) is 13.5. The van der Waals surface area contributed by atoms with Gasteiger partial charge in [0.1, 0.15) is 6.04 Å². The fourth-order valence-corrected chi connectivity index (χ4v) is 1.60. The maximum atomic E-state index is 11.5. The fourth-order valence-electron chi connectivity index (χ4n) is 1.60. The Kier molecular flexibility index (Phi) is 5.49. The molecule has 1 rings (SSSR count). The number of methoxy groups -OCH3 is 2. The van der Waals surface area contributed by atoms with Gasteiger partial charge in [-0.15, -0.1) is 0 Å². The monoisotopic (exact) mass is 237 g/mol. The maximum Gasteiger partial charge on any atom is 0.328 e. The third kappa shape index (κ3) is 3.75. The molecule has 0 aliphatic carbocycles. The first-order valence-corrected chi connectivity index (χ1v) is 5.64. The first-order valence-electron chi connectivity index (χ1n) is 5.64. The molecule has 1 atom stereocenters. The molecule has 0 bridgehead atoms. The lowest BCUT2D eigenvalue weighted by Crippen LogP contribution is -2.30. The highest BCUT2D eigenvalue weighted by Crippen LogP contribution is 2.18. The summed E-state index contributed by atoms with van der Waals surface area (Å²) < 4.78 is 9.86. The van der Waals surface area contributed by atoms with Crippen LogP contribution in [-0.4, -0.2) is 26.2 Å². The second-order valence-corrected chi connectivity index (χ2v) is 3.72. The van der Waals surface area contributed by atoms with Gasteiger partial charge in [-0.1, -0.05) is 25.1 Å². The van der Waals surface area contributed by atoms with Crippen LogP contribution in [0.3, 0.4) is 0 Å². The Morgan fingerprint density at radius 1 is 1.35 bits per heavy atom. The van der Waals surface area contributed by atoms with Crippen LogP contribution < -0.4 is 5.32 Å². The van der Waals surface area contributed by atoms with Crippen LogP contribution in [0.5, 0.6) is 0 Å². The lowest BCUT2D eigenvalue weighted by molar-refractivity contribution is -0.141. The van der Waals surface area contributed by atoms with Gasteiger partial charge < -0.3 is 14.8 Å². The van der Waals surface area contributed by atoms with Crippen LogP contribution >= 0.6 is 0 Å². The van der Waals surface area contributed by atoms with Gasteiger partial charge in [-0.3, -0.25) is 0 Å². The number of nitrogens with one attached hydrogen (secondary N) is 1. The Balaban J connectivity index is 2.81. The average molecular weight is 237 g/mol. The summed E-state index contributed by atoms with van der Waals surface area (Å²) in [6.07, 6.45) is 0.675. The number of carbonyl (C=O) groups excluding carboxylic acids is 1. The maximum absolute atomic E-state index is 11.5. The topological polar surface area (TPSA) is 47.6 Å². The number of anilines is 1. The van der Waals surface area contributed by atoms with Crippen molar-refractivity contribution < 1.29 is 14.3 Å². The predicted molar refractivity (Wildman–Crippen MR) is 66.9 cm³/mol. The summed E-state index contributed by atoms with van der Waals surface area (Å²) in [6, 6.07) is 7.44. The number of hydrogen-bond donors (Lipinski definition) is 1. The molecule has 1 N–H and O–H groups in total. The van der Waals surface area contributed by atoms with Crippen LogP contribution in [0.1, 0.15) is 18.9 Å². The molecular weight excluding hydrogens is 218 g/mol. The number of carbonyl (C=O) groups is 1. The van der Waals surface area contributed by atoms with Gasteiger partial charge in [0.15, 0.2) is 0 Å². The van der Waals surface area contributed by atoms with Crippen molar-refractivity contribution >= 4 is 11.7 Å². The van der Waals surface area contributed by atoms with E-state index in [1.807, 2.05) is 31.2 Å². The normalized spacial score (nSPS) is 11.9. The fraction of sp³-hybridized carbons (Fsp3) is 0.462. The number of para-hydroxylation sites is 1. The van der Waals surface area contributed by atoms with Crippen molar-refractivity contribution in [2.24, 2.45) is 0 Å². The summed E-state index contributed by atoms with van der Waals surface area (Å²) in [5.74, 6) is -0.250. The predicted octanol–water partition coefficient (Wildman–Crippen LogP) is 2.20. The highest BCUT2D eigenvalue weighted by molar-refractivity contribution is 5.79. The van der Waals surface area contributed by atoms with E-state index in [1.165, 1.54) is 7.11 Å². The Morgan fingerprint density at radius 2 is 2.06 bits per heavy atom. The van der Waals surface area contributed by atoms with Crippen molar-refractivity contribution in [3.8, 4) is 0 Å². The molecule has 0 fully saturated rings. The average Bonchev–Trinajstić information content (AvgIpc) is 2.37. The van der Waals surface area contributed by atoms with E-state index in [2.05, 4.69) is 5.32 Å². The van der Waals surface area contributed by atoms with Crippen LogP contribution in [0.15, 0.2) is 24.3 Å². The quantitative estimate of drug-likeness (QED) is 0.770. The highest BCUT2D eigenvalue weighted by Gasteiger charge is 2.17. The molecule has 0 saturated carbocycles. The lowest BCUT2D eigenvalue weighted by atomic mass is 10.1. The van der Waals surface area contributed by atoms with E-state index in [0.29, 0.717) is 13.0 Å². The summed E-state index contributed by atoms with van der Waals surface area (Å²) in [5.41, 5.74) is 1.93. The molecule has 17 heavy (non-hydrogen) atoms. The van der Waals surface area contributed by atoms with Gasteiger partial charge in [-0.2, -0.15) is 0 Å². The van der Waals surface area contributed by atoms with Gasteiger partial charge in [0.2, 0.25) is 0 Å². The van der Waals surface area contributed by atoms with Crippen molar-refractivity contribution in [1.82, 2.24) is 0 Å². The Hall–Kier alpha value is -1.55. The number of rotatable bonds is 6. The Bertz CT molecular complexity index is 365. The Morgan fingerprint density at radius 3 is 2.65 bits per heavy atom. The molecule has 4 heteroatoms. The van der Waals surface area contributed by atoms with Gasteiger partial charge in [0, 0.05) is 18.4 Å². The molecule has 94 valence electrons. The highest BCUT2D eigenvalue weighted by atomic mass is 16.5. The number of ether oxygens (including phenoxy) is 2. The van der Waals surface area contributed by atoms with Crippen LogP contribution in [0, 0.1) is 0 Å². The summed E-state index contributed by atoms with van der Waals surface area (Å²) in [7, 11) is 3.04. The summed E-state index contributed by atoms with van der Waals surface area (Å²) in [5, 5.41) is 3.18. The first-order chi connectivity index (χ1) is 8.22. The zero-order valence-corrected chi connectivity index (χ0v) is 10.5. The summed E-state index contributed by atoms with van der Waals surface area (Å²) in [4.78, 5) is 11.5. The van der Waals surface area contributed by atoms with Gasteiger partial charge in [-0.05, 0) is 12.5 Å². The molecule has 0 aromatic heterocycles.